The molecule has 0 spiro atoms. The second kappa shape index (κ2) is 5.98. The summed E-state index contributed by atoms with van der Waals surface area (Å²) in [6.45, 7) is 1.20. The fourth-order valence-corrected chi connectivity index (χ4v) is 3.67. The van der Waals surface area contributed by atoms with Gasteiger partial charge in [-0.05, 0) is 31.4 Å². The SMILES string of the molecule is O=C(c1cc(-c2cccc(Cl)c2)on1)N1CCO[C@H]2CCC[C@@H]21. The molecule has 2 aliphatic rings. The lowest BCUT2D eigenvalue weighted by Gasteiger charge is -2.37. The van der Waals surface area contributed by atoms with E-state index >= 15 is 0 Å². The molecule has 0 bridgehead atoms. The summed E-state index contributed by atoms with van der Waals surface area (Å²) < 4.78 is 11.1. The first-order valence-electron chi connectivity index (χ1n) is 7.87. The molecule has 1 aliphatic heterocycles. The molecule has 120 valence electrons. The first-order valence-corrected chi connectivity index (χ1v) is 8.25. The van der Waals surface area contributed by atoms with Gasteiger partial charge in [-0.15, -0.1) is 0 Å². The van der Waals surface area contributed by atoms with Crippen molar-refractivity contribution in [1.82, 2.24) is 10.1 Å². The van der Waals surface area contributed by atoms with Crippen LogP contribution < -0.4 is 0 Å². The van der Waals surface area contributed by atoms with Gasteiger partial charge in [0.2, 0.25) is 0 Å². The Kier molecular flexibility index (Phi) is 3.83. The van der Waals surface area contributed by atoms with Crippen molar-refractivity contribution in [2.75, 3.05) is 13.2 Å². The molecule has 1 aromatic heterocycles. The molecule has 0 N–H and O–H groups in total. The van der Waals surface area contributed by atoms with Crippen molar-refractivity contribution in [1.29, 1.82) is 0 Å². The normalized spacial score (nSPS) is 23.8. The number of fused-ring (bicyclic) bond motifs is 1. The maximum atomic E-state index is 12.8. The third kappa shape index (κ3) is 2.75. The predicted molar refractivity (Wildman–Crippen MR) is 85.4 cm³/mol. The van der Waals surface area contributed by atoms with Crippen LogP contribution in [0.2, 0.25) is 5.02 Å². The summed E-state index contributed by atoms with van der Waals surface area (Å²) in [7, 11) is 0. The average molecular weight is 333 g/mol. The number of aromatic nitrogens is 1. The fraction of sp³-hybridized carbons (Fsp3) is 0.412. The Morgan fingerprint density at radius 3 is 3.09 bits per heavy atom. The Hall–Kier alpha value is -1.85. The molecular formula is C17H17ClN2O3. The number of morpholine rings is 1. The molecule has 2 aromatic rings. The number of rotatable bonds is 2. The minimum Gasteiger partial charge on any atom is -0.374 e. The highest BCUT2D eigenvalue weighted by atomic mass is 35.5. The van der Waals surface area contributed by atoms with Crippen LogP contribution in [0.25, 0.3) is 11.3 Å². The molecule has 4 rings (SSSR count). The first kappa shape index (κ1) is 14.7. The summed E-state index contributed by atoms with van der Waals surface area (Å²) in [6, 6.07) is 9.16. The number of amides is 1. The van der Waals surface area contributed by atoms with E-state index in [9.17, 15) is 4.79 Å². The number of halogens is 1. The lowest BCUT2D eigenvalue weighted by Crippen LogP contribution is -2.51. The number of nitrogens with zero attached hydrogens (tertiary/aromatic N) is 2. The summed E-state index contributed by atoms with van der Waals surface area (Å²) in [6.07, 6.45) is 3.30. The zero-order chi connectivity index (χ0) is 15.8. The van der Waals surface area contributed by atoms with Crippen LogP contribution in [0.1, 0.15) is 29.8 Å². The summed E-state index contributed by atoms with van der Waals surface area (Å²) in [5.74, 6) is 0.467. The minimum atomic E-state index is -0.0813. The molecule has 6 heteroatoms. The Morgan fingerprint density at radius 1 is 1.30 bits per heavy atom. The molecule has 1 aliphatic carbocycles. The van der Waals surface area contributed by atoms with Crippen LogP contribution in [-0.2, 0) is 4.74 Å². The summed E-state index contributed by atoms with van der Waals surface area (Å²) >= 11 is 6.00. The standard InChI is InChI=1S/C17H17ClN2O3/c18-12-4-1-3-11(9-12)16-10-13(19-23-16)17(21)20-7-8-22-15-6-2-5-14(15)20/h1,3-4,9-10,14-15H,2,5-8H2/t14-,15-/m0/s1. The van der Waals surface area contributed by atoms with Crippen LogP contribution in [0, 0.1) is 0 Å². The van der Waals surface area contributed by atoms with Crippen LogP contribution in [0.4, 0.5) is 0 Å². The highest BCUT2D eigenvalue weighted by Gasteiger charge is 2.39. The van der Waals surface area contributed by atoms with Gasteiger partial charge < -0.3 is 14.2 Å². The molecule has 1 aromatic carbocycles. The van der Waals surface area contributed by atoms with E-state index < -0.39 is 0 Å². The number of carbonyl (C=O) groups excluding carboxylic acids is 1. The maximum Gasteiger partial charge on any atom is 0.276 e. The van der Waals surface area contributed by atoms with E-state index in [-0.39, 0.29) is 18.1 Å². The molecule has 0 unspecified atom stereocenters. The molecular weight excluding hydrogens is 316 g/mol. The van der Waals surface area contributed by atoms with Crippen LogP contribution >= 0.6 is 11.6 Å². The Bertz CT molecular complexity index is 730. The molecule has 1 saturated heterocycles. The van der Waals surface area contributed by atoms with Crippen LogP contribution in [0.15, 0.2) is 34.9 Å². The van der Waals surface area contributed by atoms with E-state index in [0.29, 0.717) is 29.6 Å². The highest BCUT2D eigenvalue weighted by Crippen LogP contribution is 2.31. The van der Waals surface area contributed by atoms with E-state index in [0.717, 1.165) is 24.8 Å². The fourth-order valence-electron chi connectivity index (χ4n) is 3.48. The molecule has 1 saturated carbocycles. The van der Waals surface area contributed by atoms with Gasteiger partial charge in [0.1, 0.15) is 0 Å². The third-order valence-corrected chi connectivity index (χ3v) is 4.82. The second-order valence-corrected chi connectivity index (χ2v) is 6.43. The predicted octanol–water partition coefficient (Wildman–Crippen LogP) is 3.39. The zero-order valence-corrected chi connectivity index (χ0v) is 13.3. The van der Waals surface area contributed by atoms with E-state index in [1.807, 2.05) is 17.0 Å². The molecule has 5 nitrogen and oxygen atoms in total. The largest absolute Gasteiger partial charge is 0.374 e. The van der Waals surface area contributed by atoms with Crippen molar-refractivity contribution in [2.24, 2.45) is 0 Å². The number of carbonyl (C=O) groups is 1. The molecule has 0 radical (unpaired) electrons. The van der Waals surface area contributed by atoms with Gasteiger partial charge in [0, 0.05) is 23.2 Å². The molecule has 23 heavy (non-hydrogen) atoms. The van der Waals surface area contributed by atoms with Crippen molar-refractivity contribution >= 4 is 17.5 Å². The lowest BCUT2D eigenvalue weighted by atomic mass is 10.1. The molecule has 1 amide bonds. The van der Waals surface area contributed by atoms with Crippen molar-refractivity contribution in [2.45, 2.75) is 31.4 Å². The van der Waals surface area contributed by atoms with Gasteiger partial charge in [0.05, 0.1) is 18.8 Å². The van der Waals surface area contributed by atoms with Gasteiger partial charge in [-0.1, -0.05) is 28.9 Å². The van der Waals surface area contributed by atoms with Gasteiger partial charge >= 0.3 is 0 Å². The summed E-state index contributed by atoms with van der Waals surface area (Å²) in [5.41, 5.74) is 1.15. The number of benzene rings is 1. The van der Waals surface area contributed by atoms with E-state index in [1.54, 1.807) is 18.2 Å². The van der Waals surface area contributed by atoms with E-state index in [4.69, 9.17) is 20.9 Å². The van der Waals surface area contributed by atoms with Gasteiger partial charge in [0.25, 0.3) is 5.91 Å². The second-order valence-electron chi connectivity index (χ2n) is 5.99. The molecule has 2 fully saturated rings. The van der Waals surface area contributed by atoms with Gasteiger partial charge in [-0.3, -0.25) is 4.79 Å². The monoisotopic (exact) mass is 332 g/mol. The van der Waals surface area contributed by atoms with Crippen molar-refractivity contribution in [3.63, 3.8) is 0 Å². The quantitative estimate of drug-likeness (QED) is 0.846. The van der Waals surface area contributed by atoms with Crippen LogP contribution in [0.3, 0.4) is 0 Å². The van der Waals surface area contributed by atoms with Gasteiger partial charge in [-0.2, -0.15) is 0 Å². The van der Waals surface area contributed by atoms with Crippen molar-refractivity contribution in [3.05, 3.63) is 41.0 Å². The first-order chi connectivity index (χ1) is 11.2. The third-order valence-electron chi connectivity index (χ3n) is 4.58. The number of hydrogen-bond acceptors (Lipinski definition) is 4. The number of hydrogen-bond donors (Lipinski definition) is 0. The lowest BCUT2D eigenvalue weighted by molar-refractivity contribution is -0.0448. The summed E-state index contributed by atoms with van der Waals surface area (Å²) in [5, 5.41) is 4.58. The Labute approximate surface area is 139 Å². The van der Waals surface area contributed by atoms with Gasteiger partial charge in [-0.25, -0.2) is 0 Å². The maximum absolute atomic E-state index is 12.8. The summed E-state index contributed by atoms with van der Waals surface area (Å²) in [4.78, 5) is 14.7. The Balaban J connectivity index is 1.57. The average Bonchev–Trinajstić information content (AvgIpc) is 3.23. The van der Waals surface area contributed by atoms with E-state index in [2.05, 4.69) is 5.16 Å². The van der Waals surface area contributed by atoms with Crippen molar-refractivity contribution in [3.8, 4) is 11.3 Å². The van der Waals surface area contributed by atoms with Crippen LogP contribution in [0.5, 0.6) is 0 Å². The Morgan fingerprint density at radius 2 is 2.22 bits per heavy atom. The highest BCUT2D eigenvalue weighted by molar-refractivity contribution is 6.30. The van der Waals surface area contributed by atoms with E-state index in [1.165, 1.54) is 0 Å². The minimum absolute atomic E-state index is 0.0813. The molecule has 2 heterocycles. The smallest absolute Gasteiger partial charge is 0.276 e. The zero-order valence-electron chi connectivity index (χ0n) is 12.6. The number of ether oxygens (including phenoxy) is 1. The van der Waals surface area contributed by atoms with Gasteiger partial charge in [0.15, 0.2) is 11.5 Å². The van der Waals surface area contributed by atoms with Crippen molar-refractivity contribution < 1.29 is 14.1 Å². The van der Waals surface area contributed by atoms with Crippen LogP contribution in [-0.4, -0.2) is 41.3 Å². The topological polar surface area (TPSA) is 55.6 Å². The molecule has 2 atom stereocenters.